The number of aromatic amines is 1. The number of benzene rings is 3. The summed E-state index contributed by atoms with van der Waals surface area (Å²) in [5.41, 5.74) is 3.25. The number of H-pyrrole nitrogens is 1. The highest BCUT2D eigenvalue weighted by atomic mass is 16.5. The van der Waals surface area contributed by atoms with Gasteiger partial charge in [-0.1, -0.05) is 42.0 Å². The highest BCUT2D eigenvalue weighted by Gasteiger charge is 2.48. The molecule has 5 rings (SSSR count). The van der Waals surface area contributed by atoms with Gasteiger partial charge in [-0.15, -0.1) is 0 Å². The number of hydrogen-bond acceptors (Lipinski definition) is 4. The maximum absolute atomic E-state index is 11.9. The van der Waals surface area contributed by atoms with Crippen LogP contribution >= 0.6 is 0 Å². The van der Waals surface area contributed by atoms with Gasteiger partial charge >= 0.3 is 0 Å². The molecule has 0 radical (unpaired) electrons. The van der Waals surface area contributed by atoms with Crippen LogP contribution in [-0.2, 0) is 5.60 Å². The average Bonchev–Trinajstić information content (AvgIpc) is 3.16. The van der Waals surface area contributed by atoms with Crippen LogP contribution in [0.1, 0.15) is 41.2 Å². The Morgan fingerprint density at radius 2 is 1.83 bits per heavy atom. The summed E-state index contributed by atoms with van der Waals surface area (Å²) >= 11 is 0. The van der Waals surface area contributed by atoms with Crippen molar-refractivity contribution < 1.29 is 14.9 Å². The Bertz CT molecular complexity index is 1190. The van der Waals surface area contributed by atoms with Gasteiger partial charge in [-0.3, -0.25) is 5.10 Å². The molecule has 1 aromatic heterocycles. The van der Waals surface area contributed by atoms with Crippen molar-refractivity contribution in [1.82, 2.24) is 10.2 Å². The van der Waals surface area contributed by atoms with Crippen LogP contribution in [-0.4, -0.2) is 20.4 Å². The fraction of sp³-hybridized carbons (Fsp3) is 0.208. The molecule has 0 aliphatic carbocycles. The van der Waals surface area contributed by atoms with Crippen molar-refractivity contribution in [2.75, 3.05) is 0 Å². The fourth-order valence-electron chi connectivity index (χ4n) is 4.51. The maximum atomic E-state index is 11.9. The molecule has 0 saturated heterocycles. The monoisotopic (exact) mass is 386 g/mol. The van der Waals surface area contributed by atoms with E-state index in [0.717, 1.165) is 27.6 Å². The van der Waals surface area contributed by atoms with Crippen LogP contribution < -0.4 is 4.74 Å². The van der Waals surface area contributed by atoms with E-state index in [2.05, 4.69) is 10.2 Å². The van der Waals surface area contributed by atoms with Gasteiger partial charge in [0.05, 0.1) is 17.6 Å². The number of phenolic OH excluding ortho intramolecular Hbond substituents is 1. The van der Waals surface area contributed by atoms with Crippen LogP contribution in [0.5, 0.6) is 11.5 Å². The molecule has 146 valence electrons. The van der Waals surface area contributed by atoms with E-state index in [1.54, 1.807) is 24.4 Å². The van der Waals surface area contributed by atoms with Gasteiger partial charge in [0, 0.05) is 10.9 Å². The van der Waals surface area contributed by atoms with E-state index < -0.39 is 17.6 Å². The zero-order valence-corrected chi connectivity index (χ0v) is 16.3. The lowest BCUT2D eigenvalue weighted by Crippen LogP contribution is -2.40. The SMILES string of the molecule is Cc1ccc(C2Oc3ccc4[nH]ncc4c3C(C)(O)C2c2cccc(O)c2)cc1. The number of aromatic nitrogens is 2. The molecule has 4 aromatic rings. The summed E-state index contributed by atoms with van der Waals surface area (Å²) in [4.78, 5) is 0. The highest BCUT2D eigenvalue weighted by molar-refractivity contribution is 5.85. The van der Waals surface area contributed by atoms with E-state index in [0.29, 0.717) is 11.3 Å². The molecule has 1 aliphatic rings. The van der Waals surface area contributed by atoms with E-state index in [1.807, 2.05) is 56.3 Å². The Kier molecular flexibility index (Phi) is 3.89. The second kappa shape index (κ2) is 6.36. The molecule has 5 heteroatoms. The number of hydrogen-bond donors (Lipinski definition) is 3. The number of fused-ring (bicyclic) bond motifs is 3. The molecule has 0 saturated carbocycles. The summed E-state index contributed by atoms with van der Waals surface area (Å²) in [7, 11) is 0. The number of aromatic hydroxyl groups is 1. The molecule has 2 heterocycles. The minimum Gasteiger partial charge on any atom is -0.508 e. The molecular weight excluding hydrogens is 364 g/mol. The molecular formula is C24H22N2O3. The largest absolute Gasteiger partial charge is 0.508 e. The van der Waals surface area contributed by atoms with Gasteiger partial charge in [0.2, 0.25) is 0 Å². The Morgan fingerprint density at radius 1 is 1.03 bits per heavy atom. The molecule has 0 fully saturated rings. The summed E-state index contributed by atoms with van der Waals surface area (Å²) in [6.07, 6.45) is 1.31. The van der Waals surface area contributed by atoms with Crippen LogP contribution in [0.3, 0.4) is 0 Å². The van der Waals surface area contributed by atoms with Crippen molar-refractivity contribution in [2.45, 2.75) is 31.5 Å². The summed E-state index contributed by atoms with van der Waals surface area (Å²) in [6.45, 7) is 3.86. The van der Waals surface area contributed by atoms with Crippen LogP contribution in [0, 0.1) is 6.92 Å². The zero-order valence-electron chi connectivity index (χ0n) is 16.3. The molecule has 29 heavy (non-hydrogen) atoms. The van der Waals surface area contributed by atoms with Crippen molar-refractivity contribution in [2.24, 2.45) is 0 Å². The van der Waals surface area contributed by atoms with E-state index in [-0.39, 0.29) is 5.75 Å². The van der Waals surface area contributed by atoms with Gasteiger partial charge in [-0.05, 0) is 49.2 Å². The predicted molar refractivity (Wildman–Crippen MR) is 111 cm³/mol. The van der Waals surface area contributed by atoms with Crippen LogP contribution in [0.4, 0.5) is 0 Å². The zero-order chi connectivity index (χ0) is 20.2. The lowest BCUT2D eigenvalue weighted by molar-refractivity contribution is -0.0411. The van der Waals surface area contributed by atoms with Gasteiger partial charge in [0.1, 0.15) is 23.2 Å². The molecule has 3 aromatic carbocycles. The number of nitrogens with zero attached hydrogens (tertiary/aromatic N) is 1. The molecule has 3 unspecified atom stereocenters. The molecule has 0 bridgehead atoms. The summed E-state index contributed by atoms with van der Waals surface area (Å²) < 4.78 is 6.49. The third kappa shape index (κ3) is 2.77. The second-order valence-electron chi connectivity index (χ2n) is 7.94. The topological polar surface area (TPSA) is 78.4 Å². The van der Waals surface area contributed by atoms with Crippen LogP contribution in [0.15, 0.2) is 66.9 Å². The minimum absolute atomic E-state index is 0.160. The third-order valence-corrected chi connectivity index (χ3v) is 5.89. The van der Waals surface area contributed by atoms with E-state index >= 15 is 0 Å². The molecule has 3 atom stereocenters. The summed E-state index contributed by atoms with van der Waals surface area (Å²) in [6, 6.07) is 19.0. The number of ether oxygens (including phenoxy) is 1. The lowest BCUT2D eigenvalue weighted by atomic mass is 9.71. The van der Waals surface area contributed by atoms with Crippen molar-refractivity contribution in [3.05, 3.63) is 89.1 Å². The molecule has 5 nitrogen and oxygen atoms in total. The van der Waals surface area contributed by atoms with E-state index in [1.165, 1.54) is 0 Å². The standard InChI is InChI=1S/C24H22N2O3/c1-14-6-8-15(9-7-14)23-21(16-4-3-5-17(27)12-16)24(2,28)22-18-13-25-26-19(18)10-11-20(22)29-23/h3-13,21,23,27-28H,1-2H3,(H,25,26). The summed E-state index contributed by atoms with van der Waals surface area (Å²) in [5.74, 6) is 0.379. The second-order valence-corrected chi connectivity index (χ2v) is 7.94. The molecule has 3 N–H and O–H groups in total. The Hall–Kier alpha value is -3.31. The first-order valence-corrected chi connectivity index (χ1v) is 9.66. The van der Waals surface area contributed by atoms with Gasteiger partial charge in [-0.2, -0.15) is 5.10 Å². The number of aryl methyl sites for hydroxylation is 1. The fourth-order valence-corrected chi connectivity index (χ4v) is 4.51. The molecule has 0 spiro atoms. The first-order chi connectivity index (χ1) is 13.9. The maximum Gasteiger partial charge on any atom is 0.134 e. The van der Waals surface area contributed by atoms with Gasteiger partial charge in [0.25, 0.3) is 0 Å². The number of nitrogens with one attached hydrogen (secondary N) is 1. The van der Waals surface area contributed by atoms with Crippen LogP contribution in [0.25, 0.3) is 10.9 Å². The molecule has 0 amide bonds. The van der Waals surface area contributed by atoms with Crippen molar-refractivity contribution >= 4 is 10.9 Å². The lowest BCUT2D eigenvalue weighted by Gasteiger charge is -2.44. The normalized spacial score (nSPS) is 23.6. The van der Waals surface area contributed by atoms with E-state index in [9.17, 15) is 10.2 Å². The Morgan fingerprint density at radius 3 is 2.59 bits per heavy atom. The quantitative estimate of drug-likeness (QED) is 0.467. The minimum atomic E-state index is -1.25. The van der Waals surface area contributed by atoms with Crippen molar-refractivity contribution in [3.63, 3.8) is 0 Å². The van der Waals surface area contributed by atoms with Crippen molar-refractivity contribution in [1.29, 1.82) is 0 Å². The number of rotatable bonds is 2. The van der Waals surface area contributed by atoms with Crippen LogP contribution in [0.2, 0.25) is 0 Å². The average molecular weight is 386 g/mol. The van der Waals surface area contributed by atoms with Crippen molar-refractivity contribution in [3.8, 4) is 11.5 Å². The van der Waals surface area contributed by atoms with E-state index in [4.69, 9.17) is 4.74 Å². The Balaban J connectivity index is 1.77. The van der Waals surface area contributed by atoms with Gasteiger partial charge in [-0.25, -0.2) is 0 Å². The highest BCUT2D eigenvalue weighted by Crippen LogP contribution is 2.55. The van der Waals surface area contributed by atoms with Gasteiger partial charge in [0.15, 0.2) is 0 Å². The smallest absolute Gasteiger partial charge is 0.134 e. The Labute approximate surface area is 168 Å². The summed E-state index contributed by atoms with van der Waals surface area (Å²) in [5, 5.41) is 30.0. The first kappa shape index (κ1) is 17.8. The predicted octanol–water partition coefficient (Wildman–Crippen LogP) is 4.70. The number of aliphatic hydroxyl groups is 1. The third-order valence-electron chi connectivity index (χ3n) is 5.89. The first-order valence-electron chi connectivity index (χ1n) is 9.66. The number of phenols is 1. The van der Waals surface area contributed by atoms with Gasteiger partial charge < -0.3 is 14.9 Å². The molecule has 1 aliphatic heterocycles.